The molecule has 1 aromatic carbocycles. The second-order valence-electron chi connectivity index (χ2n) is 7.97. The van der Waals surface area contributed by atoms with Gasteiger partial charge in [-0.15, -0.1) is 9.39 Å². The molecule has 0 unspecified atom stereocenters. The summed E-state index contributed by atoms with van der Waals surface area (Å²) in [5.74, 6) is 5.73. The predicted octanol–water partition coefficient (Wildman–Crippen LogP) is 5.50. The summed E-state index contributed by atoms with van der Waals surface area (Å²) in [4.78, 5) is 10.9. The number of rotatable bonds is 5. The molecule has 0 aliphatic carbocycles. The van der Waals surface area contributed by atoms with Crippen LogP contribution in [0.25, 0.3) is 16.6 Å². The minimum atomic E-state index is -2.65. The molecule has 0 radical (unpaired) electrons. The molecular formula is C23H24ClF2N5S. The smallest absolute Gasteiger partial charge is 0.251 e. The fourth-order valence-corrected chi connectivity index (χ4v) is 4.39. The second-order valence-corrected chi connectivity index (χ2v) is 10.7. The first kappa shape index (κ1) is 22.5. The number of nitrogens with two attached hydrogens (primary N) is 1. The number of anilines is 2. The Bertz CT molecular complexity index is 1300. The molecule has 3 N–H and O–H groups in total. The molecule has 0 amide bonds. The lowest BCUT2D eigenvalue weighted by molar-refractivity contribution is -0.0221. The maximum atomic E-state index is 13.8. The highest BCUT2D eigenvalue weighted by atomic mass is 35.5. The van der Waals surface area contributed by atoms with Crippen molar-refractivity contribution in [2.45, 2.75) is 23.8 Å². The van der Waals surface area contributed by atoms with E-state index in [-0.39, 0.29) is 25.9 Å². The number of pyridine rings is 2. The van der Waals surface area contributed by atoms with Gasteiger partial charge in [0.1, 0.15) is 5.82 Å². The summed E-state index contributed by atoms with van der Waals surface area (Å²) in [5.41, 5.74) is 2.71. The summed E-state index contributed by atoms with van der Waals surface area (Å²) in [5, 5.41) is 11.3. The zero-order chi connectivity index (χ0) is 23.1. The van der Waals surface area contributed by atoms with Crippen LogP contribution in [0.2, 0.25) is 5.02 Å². The van der Waals surface area contributed by atoms with Gasteiger partial charge in [-0.05, 0) is 30.3 Å². The van der Waals surface area contributed by atoms with Crippen molar-refractivity contribution in [3.63, 3.8) is 0 Å². The molecular weight excluding hydrogens is 452 g/mol. The van der Waals surface area contributed by atoms with Crippen LogP contribution in [0.15, 0.2) is 54.2 Å². The first-order valence-corrected chi connectivity index (χ1v) is 12.4. The number of nitrogens with one attached hydrogen (secondary N) is 1. The van der Waals surface area contributed by atoms with Gasteiger partial charge in [-0.25, -0.2) is 18.7 Å². The van der Waals surface area contributed by atoms with Crippen molar-refractivity contribution in [3.8, 4) is 0 Å². The standard InChI is InChI=1S/C23H24ClF2N5S/c1-15(29-18-6-9-28-21(14-18)32(2,3)27)19-12-16-4-5-17(24)13-20(16)30-22(19)31-10-7-23(25,26)8-11-31/h4-6,9,12-14H,1-3,7-8,10-11,27H2,(H,28,29). The Balaban J connectivity index is 1.73. The number of hydrogen-bond acceptors (Lipinski definition) is 5. The summed E-state index contributed by atoms with van der Waals surface area (Å²) in [6.45, 7) is 4.60. The third-order valence-corrected chi connectivity index (χ3v) is 6.62. The van der Waals surface area contributed by atoms with Gasteiger partial charge in [0.2, 0.25) is 0 Å². The average molecular weight is 476 g/mol. The van der Waals surface area contributed by atoms with Crippen molar-refractivity contribution >= 4 is 60.8 Å². The van der Waals surface area contributed by atoms with Crippen molar-refractivity contribution < 1.29 is 8.78 Å². The van der Waals surface area contributed by atoms with E-state index in [2.05, 4.69) is 28.6 Å². The van der Waals surface area contributed by atoms with Crippen LogP contribution in [0.4, 0.5) is 20.3 Å². The predicted molar refractivity (Wildman–Crippen MR) is 134 cm³/mol. The Morgan fingerprint density at radius 2 is 1.88 bits per heavy atom. The van der Waals surface area contributed by atoms with E-state index in [1.54, 1.807) is 30.5 Å². The molecule has 5 nitrogen and oxygen atoms in total. The van der Waals surface area contributed by atoms with Crippen molar-refractivity contribution in [2.24, 2.45) is 5.14 Å². The molecule has 0 saturated carbocycles. The van der Waals surface area contributed by atoms with Crippen LogP contribution in [-0.4, -0.2) is 40.7 Å². The number of fused-ring (bicyclic) bond motifs is 1. The Labute approximate surface area is 191 Å². The van der Waals surface area contributed by atoms with Gasteiger partial charge in [0.05, 0.1) is 10.5 Å². The number of nitrogens with zero attached hydrogens (tertiary/aromatic N) is 3. The Morgan fingerprint density at radius 1 is 1.16 bits per heavy atom. The number of halogens is 3. The van der Waals surface area contributed by atoms with Gasteiger partial charge in [0.25, 0.3) is 5.92 Å². The number of piperidine rings is 1. The molecule has 3 heterocycles. The highest BCUT2D eigenvalue weighted by Crippen LogP contribution is 2.35. The zero-order valence-electron chi connectivity index (χ0n) is 17.5. The van der Waals surface area contributed by atoms with Crippen LogP contribution >= 0.6 is 21.0 Å². The minimum absolute atomic E-state index is 0.202. The largest absolute Gasteiger partial charge is 0.356 e. The van der Waals surface area contributed by atoms with Gasteiger partial charge >= 0.3 is 0 Å². The lowest BCUT2D eigenvalue weighted by Crippen LogP contribution is -2.40. The molecule has 168 valence electrons. The molecule has 1 aliphatic heterocycles. The van der Waals surface area contributed by atoms with Crippen LogP contribution in [0.3, 0.4) is 0 Å². The third-order valence-electron chi connectivity index (χ3n) is 5.33. The van der Waals surface area contributed by atoms with Gasteiger partial charge in [-0.3, -0.25) is 5.14 Å². The van der Waals surface area contributed by atoms with E-state index >= 15 is 0 Å². The highest BCUT2D eigenvalue weighted by Gasteiger charge is 2.35. The SMILES string of the molecule is C=C(Nc1ccnc(S(=C)(=C)N)c1)c1cc2ccc(Cl)cc2nc1N1CCC(F)(F)CC1. The Morgan fingerprint density at radius 3 is 2.56 bits per heavy atom. The maximum absolute atomic E-state index is 13.8. The first-order valence-electron chi connectivity index (χ1n) is 9.94. The minimum Gasteiger partial charge on any atom is -0.356 e. The molecule has 0 atom stereocenters. The Kier molecular flexibility index (Phi) is 5.87. The molecule has 0 bridgehead atoms. The first-order chi connectivity index (χ1) is 15.0. The van der Waals surface area contributed by atoms with Gasteiger partial charge in [0, 0.05) is 59.5 Å². The second kappa shape index (κ2) is 8.35. The van der Waals surface area contributed by atoms with Crippen LogP contribution in [-0.2, 0) is 0 Å². The van der Waals surface area contributed by atoms with Crippen molar-refractivity contribution in [2.75, 3.05) is 23.3 Å². The summed E-state index contributed by atoms with van der Waals surface area (Å²) in [6, 6.07) is 10.9. The van der Waals surface area contributed by atoms with E-state index in [1.165, 1.54) is 0 Å². The van der Waals surface area contributed by atoms with Crippen molar-refractivity contribution in [3.05, 3.63) is 59.8 Å². The maximum Gasteiger partial charge on any atom is 0.251 e. The average Bonchev–Trinajstić information content (AvgIpc) is 2.72. The summed E-state index contributed by atoms with van der Waals surface area (Å²) < 4.78 is 27.5. The molecule has 1 fully saturated rings. The van der Waals surface area contributed by atoms with E-state index < -0.39 is 15.3 Å². The monoisotopic (exact) mass is 475 g/mol. The topological polar surface area (TPSA) is 67.1 Å². The summed E-state index contributed by atoms with van der Waals surface area (Å²) >= 11 is 6.15. The fraction of sp³-hybridized carbons (Fsp3) is 0.217. The third kappa shape index (κ3) is 4.87. The zero-order valence-corrected chi connectivity index (χ0v) is 19.0. The Hall–Kier alpha value is -2.68. The quantitative estimate of drug-likeness (QED) is 0.477. The van der Waals surface area contributed by atoms with Crippen LogP contribution in [0.1, 0.15) is 18.4 Å². The molecule has 0 spiro atoms. The molecule has 3 aromatic rings. The van der Waals surface area contributed by atoms with E-state index in [1.807, 2.05) is 17.0 Å². The lowest BCUT2D eigenvalue weighted by atomic mass is 10.0. The number of hydrogen-bond donors (Lipinski definition) is 2. The molecule has 2 aromatic heterocycles. The van der Waals surface area contributed by atoms with Crippen LogP contribution < -0.4 is 15.4 Å². The molecule has 4 rings (SSSR count). The summed E-state index contributed by atoms with van der Waals surface area (Å²) in [6.07, 6.45) is 1.19. The number of aromatic nitrogens is 2. The van der Waals surface area contributed by atoms with Gasteiger partial charge in [-0.2, -0.15) is 0 Å². The molecule has 1 aliphatic rings. The van der Waals surface area contributed by atoms with Gasteiger partial charge in [0.15, 0.2) is 0 Å². The van der Waals surface area contributed by atoms with E-state index in [9.17, 15) is 8.78 Å². The van der Waals surface area contributed by atoms with Gasteiger partial charge in [-0.1, -0.05) is 36.0 Å². The molecule has 9 heteroatoms. The summed E-state index contributed by atoms with van der Waals surface area (Å²) in [7, 11) is -1.98. The van der Waals surface area contributed by atoms with E-state index in [0.29, 0.717) is 27.1 Å². The van der Waals surface area contributed by atoms with Crippen LogP contribution in [0.5, 0.6) is 0 Å². The van der Waals surface area contributed by atoms with E-state index in [0.717, 1.165) is 16.6 Å². The normalized spacial score (nSPS) is 16.2. The van der Waals surface area contributed by atoms with E-state index in [4.69, 9.17) is 21.7 Å². The van der Waals surface area contributed by atoms with Gasteiger partial charge < -0.3 is 10.2 Å². The van der Waals surface area contributed by atoms with Crippen molar-refractivity contribution in [1.82, 2.24) is 9.97 Å². The molecule has 1 saturated heterocycles. The number of alkyl halides is 2. The highest BCUT2D eigenvalue weighted by molar-refractivity contribution is 8.25. The molecule has 32 heavy (non-hydrogen) atoms. The number of benzene rings is 1. The van der Waals surface area contributed by atoms with Crippen molar-refractivity contribution in [1.29, 1.82) is 0 Å². The van der Waals surface area contributed by atoms with Crippen LogP contribution in [0, 0.1) is 0 Å². The fourth-order valence-electron chi connectivity index (χ4n) is 3.59. The lowest BCUT2D eigenvalue weighted by Gasteiger charge is -2.34.